The summed E-state index contributed by atoms with van der Waals surface area (Å²) in [5, 5.41) is 9.96. The Labute approximate surface area is 120 Å². The van der Waals surface area contributed by atoms with Gasteiger partial charge in [-0.1, -0.05) is 0 Å². The standard InChI is InChI=1S/C15H16F3NO2/c16-11-4-8(5-12(17)15(11)18)13-7-10(20)6-9-2-1-3-14(21)19(9)13/h4-5,9-10,13,20H,1-3,6-7H2/t9-,10+,13+/m1/s1. The van der Waals surface area contributed by atoms with E-state index in [4.69, 9.17) is 0 Å². The van der Waals surface area contributed by atoms with Crippen molar-refractivity contribution in [3.05, 3.63) is 35.1 Å². The summed E-state index contributed by atoms with van der Waals surface area (Å²) in [6.45, 7) is 0. The third-order valence-electron chi connectivity index (χ3n) is 4.38. The second-order valence-corrected chi connectivity index (χ2v) is 5.79. The van der Waals surface area contributed by atoms with E-state index in [1.807, 2.05) is 0 Å². The van der Waals surface area contributed by atoms with Crippen LogP contribution in [0.5, 0.6) is 0 Å². The number of aliphatic hydroxyl groups excluding tert-OH is 1. The summed E-state index contributed by atoms with van der Waals surface area (Å²) in [5.41, 5.74) is 0.199. The summed E-state index contributed by atoms with van der Waals surface area (Å²) < 4.78 is 39.9. The zero-order valence-electron chi connectivity index (χ0n) is 11.4. The van der Waals surface area contributed by atoms with Crippen molar-refractivity contribution in [2.24, 2.45) is 0 Å². The SMILES string of the molecule is O=C1CCC[C@@H]2C[C@H](O)C[C@@H](c3cc(F)c(F)c(F)c3)N12. The summed E-state index contributed by atoms with van der Waals surface area (Å²) in [6.07, 6.45) is 1.99. The van der Waals surface area contributed by atoms with Crippen molar-refractivity contribution < 1.29 is 23.1 Å². The van der Waals surface area contributed by atoms with Crippen LogP contribution in [0.1, 0.15) is 43.7 Å². The van der Waals surface area contributed by atoms with E-state index in [0.29, 0.717) is 12.8 Å². The van der Waals surface area contributed by atoms with Crippen molar-refractivity contribution in [3.8, 4) is 0 Å². The van der Waals surface area contributed by atoms with Crippen molar-refractivity contribution in [1.82, 2.24) is 4.90 Å². The molecular formula is C15H16F3NO2. The van der Waals surface area contributed by atoms with E-state index in [-0.39, 0.29) is 23.9 Å². The average Bonchev–Trinajstić information content (AvgIpc) is 2.43. The highest BCUT2D eigenvalue weighted by Gasteiger charge is 2.40. The van der Waals surface area contributed by atoms with Gasteiger partial charge in [0.15, 0.2) is 17.5 Å². The zero-order chi connectivity index (χ0) is 15.1. The molecule has 2 saturated heterocycles. The van der Waals surface area contributed by atoms with E-state index in [2.05, 4.69) is 0 Å². The summed E-state index contributed by atoms with van der Waals surface area (Å²) in [7, 11) is 0. The fraction of sp³-hybridized carbons (Fsp3) is 0.533. The van der Waals surface area contributed by atoms with Crippen LogP contribution in [0, 0.1) is 17.5 Å². The zero-order valence-corrected chi connectivity index (χ0v) is 11.4. The van der Waals surface area contributed by atoms with Crippen LogP contribution in [-0.2, 0) is 4.79 Å². The molecule has 2 aliphatic rings. The lowest BCUT2D eigenvalue weighted by Gasteiger charge is -2.46. The molecule has 21 heavy (non-hydrogen) atoms. The Kier molecular flexibility index (Phi) is 3.65. The molecule has 3 rings (SSSR count). The summed E-state index contributed by atoms with van der Waals surface area (Å²) in [5.74, 6) is -4.14. The average molecular weight is 299 g/mol. The quantitative estimate of drug-likeness (QED) is 0.810. The molecule has 1 aromatic rings. The molecule has 0 spiro atoms. The number of hydrogen-bond donors (Lipinski definition) is 1. The molecule has 6 heteroatoms. The molecule has 1 aromatic carbocycles. The van der Waals surface area contributed by atoms with Gasteiger partial charge in [0.1, 0.15) is 0 Å². The molecular weight excluding hydrogens is 283 g/mol. The number of benzene rings is 1. The van der Waals surface area contributed by atoms with Gasteiger partial charge in [-0.05, 0) is 43.4 Å². The number of nitrogens with zero attached hydrogens (tertiary/aromatic N) is 1. The Morgan fingerprint density at radius 1 is 1.14 bits per heavy atom. The topological polar surface area (TPSA) is 40.5 Å². The van der Waals surface area contributed by atoms with Gasteiger partial charge in [-0.2, -0.15) is 0 Å². The molecule has 0 aliphatic carbocycles. The molecule has 114 valence electrons. The molecule has 2 aliphatic heterocycles. The number of fused-ring (bicyclic) bond motifs is 1. The first-order valence-electron chi connectivity index (χ1n) is 7.11. The fourth-order valence-corrected chi connectivity index (χ4v) is 3.47. The van der Waals surface area contributed by atoms with E-state index in [1.54, 1.807) is 4.90 Å². The third-order valence-corrected chi connectivity index (χ3v) is 4.38. The minimum absolute atomic E-state index is 0.0757. The van der Waals surface area contributed by atoms with Gasteiger partial charge in [-0.15, -0.1) is 0 Å². The second-order valence-electron chi connectivity index (χ2n) is 5.79. The lowest BCUT2D eigenvalue weighted by Crippen LogP contribution is -2.51. The predicted molar refractivity (Wildman–Crippen MR) is 68.8 cm³/mol. The highest BCUT2D eigenvalue weighted by atomic mass is 19.2. The lowest BCUT2D eigenvalue weighted by atomic mass is 9.84. The molecule has 0 unspecified atom stereocenters. The molecule has 3 nitrogen and oxygen atoms in total. The molecule has 2 heterocycles. The van der Waals surface area contributed by atoms with Crippen LogP contribution >= 0.6 is 0 Å². The van der Waals surface area contributed by atoms with E-state index in [9.17, 15) is 23.1 Å². The first-order chi connectivity index (χ1) is 9.97. The highest BCUT2D eigenvalue weighted by Crippen LogP contribution is 2.39. The summed E-state index contributed by atoms with van der Waals surface area (Å²) in [4.78, 5) is 13.8. The molecule has 0 radical (unpaired) electrons. The number of halogens is 3. The van der Waals surface area contributed by atoms with Crippen molar-refractivity contribution in [2.45, 2.75) is 50.3 Å². The molecule has 0 bridgehead atoms. The van der Waals surface area contributed by atoms with Crippen LogP contribution < -0.4 is 0 Å². The van der Waals surface area contributed by atoms with Gasteiger partial charge in [0, 0.05) is 12.5 Å². The number of amides is 1. The van der Waals surface area contributed by atoms with E-state index >= 15 is 0 Å². The Bertz CT molecular complexity index is 555. The molecule has 1 amide bonds. The number of carbonyl (C=O) groups excluding carboxylic acids is 1. The molecule has 3 atom stereocenters. The monoisotopic (exact) mass is 299 g/mol. The van der Waals surface area contributed by atoms with Crippen LogP contribution in [0.15, 0.2) is 12.1 Å². The van der Waals surface area contributed by atoms with Crippen LogP contribution in [0.2, 0.25) is 0 Å². The van der Waals surface area contributed by atoms with Gasteiger partial charge >= 0.3 is 0 Å². The second kappa shape index (κ2) is 5.33. The Hall–Kier alpha value is -1.56. The van der Waals surface area contributed by atoms with Gasteiger partial charge in [0.25, 0.3) is 0 Å². The lowest BCUT2D eigenvalue weighted by molar-refractivity contribution is -0.145. The highest BCUT2D eigenvalue weighted by molar-refractivity contribution is 5.78. The minimum Gasteiger partial charge on any atom is -0.393 e. The number of piperidine rings is 2. The molecule has 0 saturated carbocycles. The van der Waals surface area contributed by atoms with Crippen LogP contribution in [-0.4, -0.2) is 28.1 Å². The Balaban J connectivity index is 2.00. The van der Waals surface area contributed by atoms with Crippen LogP contribution in [0.4, 0.5) is 13.2 Å². The molecule has 0 aromatic heterocycles. The van der Waals surface area contributed by atoms with Crippen molar-refractivity contribution in [1.29, 1.82) is 0 Å². The van der Waals surface area contributed by atoms with Gasteiger partial charge in [-0.3, -0.25) is 4.79 Å². The Morgan fingerprint density at radius 3 is 2.48 bits per heavy atom. The fourth-order valence-electron chi connectivity index (χ4n) is 3.47. The maximum absolute atomic E-state index is 13.4. The maximum atomic E-state index is 13.4. The largest absolute Gasteiger partial charge is 0.393 e. The van der Waals surface area contributed by atoms with Gasteiger partial charge in [0.2, 0.25) is 5.91 Å². The first-order valence-corrected chi connectivity index (χ1v) is 7.11. The van der Waals surface area contributed by atoms with E-state index in [1.165, 1.54) is 0 Å². The Morgan fingerprint density at radius 2 is 1.81 bits per heavy atom. The maximum Gasteiger partial charge on any atom is 0.223 e. The number of rotatable bonds is 1. The number of aliphatic hydroxyl groups is 1. The number of carbonyl (C=O) groups is 1. The van der Waals surface area contributed by atoms with Gasteiger partial charge < -0.3 is 10.0 Å². The normalized spacial score (nSPS) is 29.4. The summed E-state index contributed by atoms with van der Waals surface area (Å²) >= 11 is 0. The van der Waals surface area contributed by atoms with Crippen LogP contribution in [0.3, 0.4) is 0 Å². The van der Waals surface area contributed by atoms with E-state index in [0.717, 1.165) is 25.0 Å². The molecule has 1 N–H and O–H groups in total. The van der Waals surface area contributed by atoms with Crippen molar-refractivity contribution in [2.75, 3.05) is 0 Å². The third kappa shape index (κ3) is 2.52. The van der Waals surface area contributed by atoms with Crippen LogP contribution in [0.25, 0.3) is 0 Å². The smallest absolute Gasteiger partial charge is 0.223 e. The van der Waals surface area contributed by atoms with Gasteiger partial charge in [0.05, 0.1) is 12.1 Å². The van der Waals surface area contributed by atoms with Gasteiger partial charge in [-0.25, -0.2) is 13.2 Å². The van der Waals surface area contributed by atoms with Crippen molar-refractivity contribution >= 4 is 5.91 Å². The summed E-state index contributed by atoms with van der Waals surface area (Å²) in [6, 6.07) is 1.12. The van der Waals surface area contributed by atoms with E-state index < -0.39 is 29.6 Å². The predicted octanol–water partition coefficient (Wildman–Crippen LogP) is 2.68. The first kappa shape index (κ1) is 14.4. The number of hydrogen-bond acceptors (Lipinski definition) is 2. The molecule has 2 fully saturated rings. The minimum atomic E-state index is -1.52. The van der Waals surface area contributed by atoms with Crippen molar-refractivity contribution in [3.63, 3.8) is 0 Å².